The van der Waals surface area contributed by atoms with E-state index >= 15 is 0 Å². The quantitative estimate of drug-likeness (QED) is 0.391. The summed E-state index contributed by atoms with van der Waals surface area (Å²) in [6.07, 6.45) is 2.61. The average Bonchev–Trinajstić information content (AvgIpc) is 3.25. The van der Waals surface area contributed by atoms with Crippen molar-refractivity contribution in [2.75, 3.05) is 14.2 Å². The van der Waals surface area contributed by atoms with Crippen molar-refractivity contribution in [1.82, 2.24) is 14.8 Å². The molecule has 1 aromatic heterocycles. The van der Waals surface area contributed by atoms with Gasteiger partial charge in [-0.1, -0.05) is 76.6 Å². The van der Waals surface area contributed by atoms with E-state index in [1.54, 1.807) is 26.4 Å². The van der Waals surface area contributed by atoms with Gasteiger partial charge < -0.3 is 14.6 Å². The maximum absolute atomic E-state index is 11.6. The zero-order valence-corrected chi connectivity index (χ0v) is 21.0. The lowest BCUT2D eigenvalue weighted by atomic mass is 9.95. The molecule has 0 fully saturated rings. The number of carbonyl (C=O) groups is 1. The number of aromatic nitrogens is 3. The number of carboxylic acids is 1. The molecule has 0 amide bonds. The van der Waals surface area contributed by atoms with Crippen LogP contribution in [0.15, 0.2) is 48.5 Å². The van der Waals surface area contributed by atoms with Gasteiger partial charge in [0.15, 0.2) is 0 Å². The number of rotatable bonds is 10. The van der Waals surface area contributed by atoms with Crippen molar-refractivity contribution in [3.8, 4) is 11.1 Å². The molecule has 0 saturated carbocycles. The van der Waals surface area contributed by atoms with Crippen LogP contribution in [-0.2, 0) is 27.2 Å². The summed E-state index contributed by atoms with van der Waals surface area (Å²) in [7, 11) is 3.26. The third-order valence-corrected chi connectivity index (χ3v) is 5.96. The summed E-state index contributed by atoms with van der Waals surface area (Å²) in [6, 6.07) is 14.9. The first kappa shape index (κ1) is 25.6. The molecular weight excluding hydrogens is 430 g/mol. The highest BCUT2D eigenvalue weighted by molar-refractivity contribution is 5.95. The molecule has 7 nitrogen and oxygen atoms in total. The van der Waals surface area contributed by atoms with Crippen LogP contribution in [0.1, 0.15) is 74.5 Å². The fraction of sp³-hybridized carbons (Fsp3) is 0.444. The maximum atomic E-state index is 11.6. The summed E-state index contributed by atoms with van der Waals surface area (Å²) in [5, 5.41) is 14.3. The van der Waals surface area contributed by atoms with Gasteiger partial charge in [0.05, 0.1) is 12.1 Å². The summed E-state index contributed by atoms with van der Waals surface area (Å²) >= 11 is 0. The molecule has 34 heavy (non-hydrogen) atoms. The van der Waals surface area contributed by atoms with E-state index < -0.39 is 11.8 Å². The van der Waals surface area contributed by atoms with Crippen LogP contribution in [0.4, 0.5) is 0 Å². The molecule has 0 aliphatic carbocycles. The Bertz CT molecular complexity index is 1110. The minimum absolute atomic E-state index is 0.233. The Kier molecular flexibility index (Phi) is 7.89. The molecule has 0 saturated heterocycles. The van der Waals surface area contributed by atoms with Gasteiger partial charge in [0.25, 0.3) is 0 Å². The second-order valence-electron chi connectivity index (χ2n) is 9.48. The maximum Gasteiger partial charge on any atom is 0.336 e. The first-order valence-electron chi connectivity index (χ1n) is 11.6. The predicted molar refractivity (Wildman–Crippen MR) is 132 cm³/mol. The molecule has 182 valence electrons. The molecule has 0 atom stereocenters. The third-order valence-electron chi connectivity index (χ3n) is 5.96. The van der Waals surface area contributed by atoms with Crippen LogP contribution in [0.5, 0.6) is 0 Å². The van der Waals surface area contributed by atoms with Gasteiger partial charge in [0.2, 0.25) is 11.6 Å². The van der Waals surface area contributed by atoms with Gasteiger partial charge in [-0.2, -0.15) is 0 Å². The third kappa shape index (κ3) is 5.37. The number of unbranched alkanes of at least 4 members (excludes halogenated alkanes) is 1. The lowest BCUT2D eigenvalue weighted by molar-refractivity contribution is -0.226. The number of nitrogens with zero attached hydrogens (tertiary/aromatic N) is 3. The fourth-order valence-electron chi connectivity index (χ4n) is 4.04. The van der Waals surface area contributed by atoms with Gasteiger partial charge in [-0.3, -0.25) is 0 Å². The minimum Gasteiger partial charge on any atom is -0.478 e. The normalized spacial score (nSPS) is 12.2. The number of hydrogen-bond acceptors (Lipinski definition) is 5. The summed E-state index contributed by atoms with van der Waals surface area (Å²) in [4.78, 5) is 16.5. The predicted octanol–water partition coefficient (Wildman–Crippen LogP) is 5.62. The number of methoxy groups -OCH3 is 2. The molecule has 3 aromatic rings. The first-order valence-corrected chi connectivity index (χ1v) is 11.6. The molecule has 0 spiro atoms. The Balaban J connectivity index is 1.96. The van der Waals surface area contributed by atoms with Crippen molar-refractivity contribution in [3.63, 3.8) is 0 Å². The summed E-state index contributed by atoms with van der Waals surface area (Å²) in [5.41, 5.74) is 2.64. The van der Waals surface area contributed by atoms with E-state index in [4.69, 9.17) is 19.6 Å². The van der Waals surface area contributed by atoms with E-state index in [-0.39, 0.29) is 11.0 Å². The first-order chi connectivity index (χ1) is 16.1. The Morgan fingerprint density at radius 2 is 1.68 bits per heavy atom. The molecule has 0 aliphatic rings. The van der Waals surface area contributed by atoms with Crippen LogP contribution in [0.3, 0.4) is 0 Å². The number of hydrogen-bond donors (Lipinski definition) is 1. The Hall–Kier alpha value is -3.03. The highest BCUT2D eigenvalue weighted by Crippen LogP contribution is 2.32. The lowest BCUT2D eigenvalue weighted by Gasteiger charge is -2.27. The molecule has 0 unspecified atom stereocenters. The van der Waals surface area contributed by atoms with E-state index in [1.807, 2.05) is 41.1 Å². The Morgan fingerprint density at radius 3 is 2.24 bits per heavy atom. The van der Waals surface area contributed by atoms with Crippen LogP contribution in [-0.4, -0.2) is 40.1 Å². The van der Waals surface area contributed by atoms with Crippen LogP contribution < -0.4 is 0 Å². The number of ether oxygens (including phenoxy) is 2. The zero-order valence-electron chi connectivity index (χ0n) is 21.0. The van der Waals surface area contributed by atoms with Crippen molar-refractivity contribution < 1.29 is 19.4 Å². The molecule has 1 N–H and O–H groups in total. The largest absolute Gasteiger partial charge is 0.478 e. The second-order valence-corrected chi connectivity index (χ2v) is 9.48. The average molecular weight is 466 g/mol. The van der Waals surface area contributed by atoms with E-state index in [0.717, 1.165) is 29.8 Å². The SMILES string of the molecule is CCCCC(OC)(OC)c1nc(C(C)(C)C)n(Cc2ccc(-c3ccccc3C(=O)O)cc2)n1. The molecule has 0 aliphatic heterocycles. The number of carboxylic acid groups (broad SMARTS) is 1. The van der Waals surface area contributed by atoms with Crippen LogP contribution in [0, 0.1) is 0 Å². The summed E-state index contributed by atoms with van der Waals surface area (Å²) in [6.45, 7) is 8.97. The van der Waals surface area contributed by atoms with E-state index in [1.165, 1.54) is 0 Å². The van der Waals surface area contributed by atoms with Gasteiger partial charge in [-0.25, -0.2) is 14.5 Å². The summed E-state index contributed by atoms with van der Waals surface area (Å²) < 4.78 is 13.5. The smallest absolute Gasteiger partial charge is 0.336 e. The second kappa shape index (κ2) is 10.5. The van der Waals surface area contributed by atoms with E-state index in [9.17, 15) is 9.90 Å². The van der Waals surface area contributed by atoms with Crippen LogP contribution in [0.2, 0.25) is 0 Å². The monoisotopic (exact) mass is 465 g/mol. The minimum atomic E-state index is -0.980. The van der Waals surface area contributed by atoms with E-state index in [2.05, 4.69) is 27.7 Å². The van der Waals surface area contributed by atoms with Crippen LogP contribution >= 0.6 is 0 Å². The highest BCUT2D eigenvalue weighted by atomic mass is 16.7. The standard InChI is InChI=1S/C27H35N3O4/c1-7-8-17-27(33-5,34-6)24-28-25(26(2,3)4)30(29-24)18-19-13-15-20(16-14-19)21-11-9-10-12-22(21)23(31)32/h9-16H,7-8,17-18H2,1-6H3,(H,31,32). The molecule has 3 rings (SSSR count). The molecule has 1 heterocycles. The van der Waals surface area contributed by atoms with Gasteiger partial charge in [0.1, 0.15) is 5.82 Å². The zero-order chi connectivity index (χ0) is 24.9. The van der Waals surface area contributed by atoms with Gasteiger partial charge in [-0.15, -0.1) is 5.10 Å². The van der Waals surface area contributed by atoms with Crippen LogP contribution in [0.25, 0.3) is 11.1 Å². The fourth-order valence-corrected chi connectivity index (χ4v) is 4.04. The molecule has 0 bridgehead atoms. The van der Waals surface area contributed by atoms with Crippen molar-refractivity contribution in [1.29, 1.82) is 0 Å². The van der Waals surface area contributed by atoms with Gasteiger partial charge in [0, 0.05) is 26.1 Å². The number of aromatic carboxylic acids is 1. The van der Waals surface area contributed by atoms with Crippen molar-refractivity contribution >= 4 is 5.97 Å². The molecule has 0 radical (unpaired) electrons. The highest BCUT2D eigenvalue weighted by Gasteiger charge is 2.38. The Labute approximate surface area is 201 Å². The van der Waals surface area contributed by atoms with Crippen molar-refractivity contribution in [3.05, 3.63) is 71.3 Å². The molecular formula is C27H35N3O4. The van der Waals surface area contributed by atoms with Crippen molar-refractivity contribution in [2.24, 2.45) is 0 Å². The number of benzene rings is 2. The van der Waals surface area contributed by atoms with Gasteiger partial charge in [-0.05, 0) is 29.2 Å². The van der Waals surface area contributed by atoms with Crippen molar-refractivity contribution in [2.45, 2.75) is 64.7 Å². The lowest BCUT2D eigenvalue weighted by Crippen LogP contribution is -2.32. The topological polar surface area (TPSA) is 86.5 Å². The molecule has 7 heteroatoms. The van der Waals surface area contributed by atoms with E-state index in [0.29, 0.717) is 24.4 Å². The molecule has 2 aromatic carbocycles. The Morgan fingerprint density at radius 1 is 1.03 bits per heavy atom. The van der Waals surface area contributed by atoms with Gasteiger partial charge >= 0.3 is 5.97 Å². The summed E-state index contributed by atoms with van der Waals surface area (Å²) in [5.74, 6) is -0.542.